The summed E-state index contributed by atoms with van der Waals surface area (Å²) in [7, 11) is 0. The lowest BCUT2D eigenvalue weighted by Gasteiger charge is -1.99. The third-order valence-corrected chi connectivity index (χ3v) is 5.02. The average Bonchev–Trinajstić information content (AvgIpc) is 3.09. The molecule has 1 nitrogen and oxygen atoms in total. The van der Waals surface area contributed by atoms with Crippen LogP contribution in [0.25, 0.3) is 0 Å². The van der Waals surface area contributed by atoms with E-state index >= 15 is 0 Å². The van der Waals surface area contributed by atoms with Gasteiger partial charge in [-0.2, -0.15) is 0 Å². The largest absolute Gasteiger partial charge is 0.245 e. The SMILES string of the molecule is Cc1ccc(SCc2nc(C3CC3)cs2)cc1. The van der Waals surface area contributed by atoms with Crippen molar-refractivity contribution in [1.82, 2.24) is 4.98 Å². The van der Waals surface area contributed by atoms with E-state index in [0.717, 1.165) is 11.7 Å². The molecule has 1 aromatic carbocycles. The lowest BCUT2D eigenvalue weighted by Crippen LogP contribution is -1.82. The Morgan fingerprint density at radius 3 is 2.76 bits per heavy atom. The quantitative estimate of drug-likeness (QED) is 0.745. The first-order chi connectivity index (χ1) is 8.31. The number of benzene rings is 1. The molecule has 1 aliphatic rings. The topological polar surface area (TPSA) is 12.9 Å². The second-order valence-corrected chi connectivity index (χ2v) is 6.53. The van der Waals surface area contributed by atoms with Crippen molar-refractivity contribution in [2.24, 2.45) is 0 Å². The van der Waals surface area contributed by atoms with Gasteiger partial charge in [0.15, 0.2) is 0 Å². The lowest BCUT2D eigenvalue weighted by molar-refractivity contribution is 1.03. The van der Waals surface area contributed by atoms with E-state index in [2.05, 4.69) is 36.6 Å². The first-order valence-corrected chi connectivity index (χ1v) is 7.81. The van der Waals surface area contributed by atoms with Crippen LogP contribution in [0.1, 0.15) is 35.0 Å². The van der Waals surface area contributed by atoms with E-state index in [0.29, 0.717) is 0 Å². The fourth-order valence-electron chi connectivity index (χ4n) is 1.74. The number of aromatic nitrogens is 1. The molecule has 0 atom stereocenters. The number of aryl methyl sites for hydroxylation is 1. The van der Waals surface area contributed by atoms with Gasteiger partial charge in [0, 0.05) is 16.2 Å². The van der Waals surface area contributed by atoms with E-state index < -0.39 is 0 Å². The maximum atomic E-state index is 4.70. The van der Waals surface area contributed by atoms with Crippen LogP contribution >= 0.6 is 23.1 Å². The number of thiazole rings is 1. The Morgan fingerprint density at radius 2 is 2.06 bits per heavy atom. The maximum Gasteiger partial charge on any atom is 0.103 e. The Hall–Kier alpha value is -0.800. The van der Waals surface area contributed by atoms with Gasteiger partial charge >= 0.3 is 0 Å². The molecule has 1 aromatic heterocycles. The summed E-state index contributed by atoms with van der Waals surface area (Å²) in [5, 5.41) is 3.50. The Morgan fingerprint density at radius 1 is 1.29 bits per heavy atom. The zero-order valence-electron chi connectivity index (χ0n) is 9.85. The van der Waals surface area contributed by atoms with E-state index in [1.165, 1.54) is 34.0 Å². The van der Waals surface area contributed by atoms with E-state index in [9.17, 15) is 0 Å². The van der Waals surface area contributed by atoms with Crippen LogP contribution in [0, 0.1) is 6.92 Å². The molecule has 0 amide bonds. The molecule has 0 spiro atoms. The Bertz CT molecular complexity index is 497. The van der Waals surface area contributed by atoms with Crippen molar-refractivity contribution >= 4 is 23.1 Å². The molecule has 0 saturated heterocycles. The fraction of sp³-hybridized carbons (Fsp3) is 0.357. The van der Waals surface area contributed by atoms with Crippen LogP contribution in [0.3, 0.4) is 0 Å². The van der Waals surface area contributed by atoms with Gasteiger partial charge < -0.3 is 0 Å². The molecule has 1 fully saturated rings. The van der Waals surface area contributed by atoms with Crippen LogP contribution in [0.4, 0.5) is 0 Å². The predicted octanol–water partition coefficient (Wildman–Crippen LogP) is 4.62. The molecular weight excluding hydrogens is 246 g/mol. The zero-order chi connectivity index (χ0) is 11.7. The number of hydrogen-bond acceptors (Lipinski definition) is 3. The van der Waals surface area contributed by atoms with Gasteiger partial charge in [0.25, 0.3) is 0 Å². The fourth-order valence-corrected chi connectivity index (χ4v) is 3.53. The van der Waals surface area contributed by atoms with Gasteiger partial charge in [-0.05, 0) is 31.9 Å². The van der Waals surface area contributed by atoms with E-state index in [1.54, 1.807) is 0 Å². The van der Waals surface area contributed by atoms with E-state index in [-0.39, 0.29) is 0 Å². The molecule has 1 aliphatic carbocycles. The molecule has 88 valence electrons. The first kappa shape index (κ1) is 11.3. The van der Waals surface area contributed by atoms with Crippen molar-refractivity contribution in [2.75, 3.05) is 0 Å². The highest BCUT2D eigenvalue weighted by Crippen LogP contribution is 2.40. The summed E-state index contributed by atoms with van der Waals surface area (Å²) in [6.45, 7) is 2.12. The molecule has 2 aromatic rings. The standard InChI is InChI=1S/C14H15NS2/c1-10-2-6-12(7-3-10)16-9-14-15-13(8-17-14)11-4-5-11/h2-3,6-8,11H,4-5,9H2,1H3. The smallest absolute Gasteiger partial charge is 0.103 e. The Labute approximate surface area is 110 Å². The van der Waals surface area contributed by atoms with Crippen LogP contribution < -0.4 is 0 Å². The molecule has 0 radical (unpaired) electrons. The summed E-state index contributed by atoms with van der Waals surface area (Å²) >= 11 is 3.68. The highest BCUT2D eigenvalue weighted by atomic mass is 32.2. The Balaban J connectivity index is 1.60. The number of hydrogen-bond donors (Lipinski definition) is 0. The average molecular weight is 261 g/mol. The van der Waals surface area contributed by atoms with Crippen LogP contribution in [0.2, 0.25) is 0 Å². The van der Waals surface area contributed by atoms with Crippen molar-refractivity contribution in [3.8, 4) is 0 Å². The normalized spacial score (nSPS) is 15.1. The molecular formula is C14H15NS2. The highest BCUT2D eigenvalue weighted by Gasteiger charge is 2.25. The molecule has 0 N–H and O–H groups in total. The first-order valence-electron chi connectivity index (χ1n) is 5.95. The molecule has 1 saturated carbocycles. The molecule has 3 heteroatoms. The number of thioether (sulfide) groups is 1. The van der Waals surface area contributed by atoms with Gasteiger partial charge in [-0.15, -0.1) is 23.1 Å². The highest BCUT2D eigenvalue weighted by molar-refractivity contribution is 7.98. The van der Waals surface area contributed by atoms with E-state index in [1.807, 2.05) is 23.1 Å². The van der Waals surface area contributed by atoms with Gasteiger partial charge in [0.1, 0.15) is 5.01 Å². The maximum absolute atomic E-state index is 4.70. The van der Waals surface area contributed by atoms with Gasteiger partial charge in [-0.1, -0.05) is 17.7 Å². The van der Waals surface area contributed by atoms with Crippen LogP contribution in [0.15, 0.2) is 34.5 Å². The molecule has 0 bridgehead atoms. The molecule has 17 heavy (non-hydrogen) atoms. The molecule has 0 aliphatic heterocycles. The molecule has 1 heterocycles. The van der Waals surface area contributed by atoms with E-state index in [4.69, 9.17) is 4.98 Å². The van der Waals surface area contributed by atoms with Crippen molar-refractivity contribution in [3.63, 3.8) is 0 Å². The van der Waals surface area contributed by atoms with Gasteiger partial charge in [-0.25, -0.2) is 4.98 Å². The monoisotopic (exact) mass is 261 g/mol. The van der Waals surface area contributed by atoms with Gasteiger partial charge in [0.05, 0.1) is 11.4 Å². The summed E-state index contributed by atoms with van der Waals surface area (Å²) in [6.07, 6.45) is 2.68. The van der Waals surface area contributed by atoms with Crippen LogP contribution in [0.5, 0.6) is 0 Å². The molecule has 3 rings (SSSR count). The zero-order valence-corrected chi connectivity index (χ0v) is 11.5. The summed E-state index contributed by atoms with van der Waals surface area (Å²) in [4.78, 5) is 6.03. The van der Waals surface area contributed by atoms with Crippen LogP contribution in [-0.2, 0) is 5.75 Å². The van der Waals surface area contributed by atoms with Crippen molar-refractivity contribution in [1.29, 1.82) is 0 Å². The number of nitrogens with zero attached hydrogens (tertiary/aromatic N) is 1. The lowest BCUT2D eigenvalue weighted by atomic mass is 10.2. The Kier molecular flexibility index (Phi) is 3.21. The summed E-state index contributed by atoms with van der Waals surface area (Å²) < 4.78 is 0. The van der Waals surface area contributed by atoms with Gasteiger partial charge in [-0.3, -0.25) is 0 Å². The van der Waals surface area contributed by atoms with Crippen molar-refractivity contribution in [2.45, 2.75) is 36.3 Å². The minimum atomic E-state index is 0.782. The molecule has 0 unspecified atom stereocenters. The van der Waals surface area contributed by atoms with Crippen molar-refractivity contribution < 1.29 is 0 Å². The second-order valence-electron chi connectivity index (χ2n) is 4.54. The minimum absolute atomic E-state index is 0.782. The third-order valence-electron chi connectivity index (χ3n) is 2.95. The number of rotatable bonds is 4. The van der Waals surface area contributed by atoms with Crippen molar-refractivity contribution in [3.05, 3.63) is 45.9 Å². The summed E-state index contributed by atoms with van der Waals surface area (Å²) in [5.41, 5.74) is 2.65. The van der Waals surface area contributed by atoms with Gasteiger partial charge in [0.2, 0.25) is 0 Å². The summed E-state index contributed by atoms with van der Waals surface area (Å²) in [6, 6.07) is 8.71. The second kappa shape index (κ2) is 4.83. The van der Waals surface area contributed by atoms with Crippen LogP contribution in [-0.4, -0.2) is 4.98 Å². The predicted molar refractivity (Wildman–Crippen MR) is 74.8 cm³/mol. The minimum Gasteiger partial charge on any atom is -0.245 e. The summed E-state index contributed by atoms with van der Waals surface area (Å²) in [5.74, 6) is 1.78. The third kappa shape index (κ3) is 2.90.